The first-order valence-electron chi connectivity index (χ1n) is 15.9. The highest BCUT2D eigenvalue weighted by molar-refractivity contribution is 8.02. The number of anilines is 1. The summed E-state index contributed by atoms with van der Waals surface area (Å²) in [6.45, 7) is 4.06. The van der Waals surface area contributed by atoms with E-state index in [9.17, 15) is 19.5 Å². The molecule has 0 radical (unpaired) electrons. The Bertz CT molecular complexity index is 2420. The monoisotopic (exact) mass is 708 g/mol. The highest BCUT2D eigenvalue weighted by atomic mass is 32.2. The summed E-state index contributed by atoms with van der Waals surface area (Å²) in [6, 6.07) is 30.1. The fourth-order valence-electron chi connectivity index (χ4n) is 5.88. The number of azo groups is 1. The summed E-state index contributed by atoms with van der Waals surface area (Å²) in [6.07, 6.45) is 3.38. The van der Waals surface area contributed by atoms with Crippen LogP contribution in [-0.2, 0) is 0 Å². The second-order valence-corrected chi connectivity index (χ2v) is 14.2. The smallest absolute Gasteiger partial charge is 0.282 e. The average Bonchev–Trinajstić information content (AvgIpc) is 3.94. The van der Waals surface area contributed by atoms with Crippen molar-refractivity contribution in [2.45, 2.75) is 33.4 Å². The number of Topliss-reactive ketones (excluding diaryl/α,β-unsaturated/α-hetero) is 1. The maximum atomic E-state index is 13.9. The zero-order valence-electron chi connectivity index (χ0n) is 27.2. The second kappa shape index (κ2) is 13.0. The Morgan fingerprint density at radius 1 is 0.667 bits per heavy atom. The molecule has 2 aliphatic rings. The van der Waals surface area contributed by atoms with Gasteiger partial charge in [-0.2, -0.15) is 5.01 Å². The summed E-state index contributed by atoms with van der Waals surface area (Å²) in [5.41, 5.74) is 6.80. The third-order valence-corrected chi connectivity index (χ3v) is 10.8. The molecule has 0 bridgehead atoms. The van der Waals surface area contributed by atoms with E-state index in [4.69, 9.17) is 0 Å². The predicted molar refractivity (Wildman–Crippen MR) is 197 cm³/mol. The molecule has 2 amide bonds. The van der Waals surface area contributed by atoms with Gasteiger partial charge in [-0.15, -0.1) is 10.2 Å². The lowest BCUT2D eigenvalue weighted by atomic mass is 10.0. The molecule has 1 aliphatic heterocycles. The van der Waals surface area contributed by atoms with Crippen LogP contribution in [0, 0.1) is 13.8 Å². The van der Waals surface area contributed by atoms with Crippen molar-refractivity contribution in [2.75, 3.05) is 5.43 Å². The number of imide groups is 1. The maximum absolute atomic E-state index is 13.9. The molecule has 12 heteroatoms. The summed E-state index contributed by atoms with van der Waals surface area (Å²) in [4.78, 5) is 50.9. The lowest BCUT2D eigenvalue weighted by Gasteiger charge is -2.14. The molecule has 0 unspecified atom stereocenters. The highest BCUT2D eigenvalue weighted by Crippen LogP contribution is 2.45. The van der Waals surface area contributed by atoms with Crippen LogP contribution in [0.2, 0.25) is 0 Å². The van der Waals surface area contributed by atoms with E-state index in [1.54, 1.807) is 54.9 Å². The first kappa shape index (κ1) is 32.1. The number of hydrazine groups is 1. The Balaban J connectivity index is 1.19. The number of aliphatic hydroxyl groups is 1. The number of benzene rings is 4. The van der Waals surface area contributed by atoms with E-state index in [1.165, 1.54) is 23.5 Å². The molecule has 0 saturated carbocycles. The molecule has 0 saturated heterocycles. The number of aromatic nitrogens is 2. The van der Waals surface area contributed by atoms with Crippen molar-refractivity contribution < 1.29 is 19.5 Å². The van der Waals surface area contributed by atoms with Gasteiger partial charge in [0.1, 0.15) is 11.5 Å². The largest absolute Gasteiger partial charge is 0.505 e. The zero-order valence-corrected chi connectivity index (χ0v) is 28.9. The van der Waals surface area contributed by atoms with Crippen LogP contribution in [0.3, 0.4) is 0 Å². The van der Waals surface area contributed by atoms with Gasteiger partial charge in [0.05, 0.1) is 11.1 Å². The number of fused-ring (bicyclic) bond motifs is 2. The molecule has 0 atom stereocenters. The molecule has 1 aliphatic carbocycles. The molecule has 250 valence electrons. The molecule has 2 aromatic heterocycles. The number of ketones is 1. The summed E-state index contributed by atoms with van der Waals surface area (Å²) in [7, 11) is 0. The molecule has 6 aromatic rings. The van der Waals surface area contributed by atoms with E-state index >= 15 is 0 Å². The van der Waals surface area contributed by atoms with Crippen LogP contribution in [-0.4, -0.2) is 37.7 Å². The molecule has 51 heavy (non-hydrogen) atoms. The third kappa shape index (κ3) is 5.94. The second-order valence-electron chi connectivity index (χ2n) is 12.0. The van der Waals surface area contributed by atoms with Crippen molar-refractivity contribution in [1.82, 2.24) is 15.0 Å². The fraction of sp³-hybridized carbons (Fsp3) is 0.0513. The van der Waals surface area contributed by atoms with Crippen molar-refractivity contribution in [3.8, 4) is 11.3 Å². The molecular weight excluding hydrogens is 681 g/mol. The summed E-state index contributed by atoms with van der Waals surface area (Å²) < 4.78 is 0. The van der Waals surface area contributed by atoms with Crippen molar-refractivity contribution >= 4 is 58.4 Å². The molecular formula is C39H28N6O4S2. The van der Waals surface area contributed by atoms with Gasteiger partial charge in [-0.25, -0.2) is 0 Å². The minimum absolute atomic E-state index is 0.0199. The van der Waals surface area contributed by atoms with Crippen LogP contribution in [0.4, 0.5) is 11.5 Å². The van der Waals surface area contributed by atoms with Crippen molar-refractivity contribution in [3.05, 3.63) is 149 Å². The Morgan fingerprint density at radius 2 is 1.27 bits per heavy atom. The van der Waals surface area contributed by atoms with Gasteiger partial charge in [0.2, 0.25) is 5.78 Å². The number of allylic oxidation sites excluding steroid dienone is 1. The van der Waals surface area contributed by atoms with E-state index in [0.717, 1.165) is 35.7 Å². The number of carbonyl (C=O) groups excluding carboxylic acids is 3. The normalized spacial score (nSPS) is 13.8. The molecule has 8 rings (SSSR count). The molecule has 0 fully saturated rings. The van der Waals surface area contributed by atoms with Crippen LogP contribution < -0.4 is 5.43 Å². The predicted octanol–water partition coefficient (Wildman–Crippen LogP) is 9.76. The number of hydrogen-bond donors (Lipinski definition) is 4. The quantitative estimate of drug-likeness (QED) is 0.0865. The number of aliphatic hydroxyl groups excluding tert-OH is 1. The van der Waals surface area contributed by atoms with Crippen LogP contribution in [0.5, 0.6) is 0 Å². The summed E-state index contributed by atoms with van der Waals surface area (Å²) in [5.74, 6) is -1.58. The van der Waals surface area contributed by atoms with Gasteiger partial charge in [-0.05, 0) is 86.6 Å². The number of nitrogens with zero attached hydrogens (tertiary/aromatic N) is 3. The first-order chi connectivity index (χ1) is 24.7. The van der Waals surface area contributed by atoms with Crippen LogP contribution in [0.25, 0.3) is 17.0 Å². The van der Waals surface area contributed by atoms with Crippen molar-refractivity contribution in [1.29, 1.82) is 0 Å². The van der Waals surface area contributed by atoms with Gasteiger partial charge < -0.3 is 15.1 Å². The average molecular weight is 709 g/mol. The number of amides is 2. The number of H-pyrrole nitrogens is 2. The Kier molecular flexibility index (Phi) is 8.17. The Hall–Kier alpha value is -6.11. The minimum atomic E-state index is -0.637. The zero-order chi connectivity index (χ0) is 35.2. The molecule has 10 nitrogen and oxygen atoms in total. The minimum Gasteiger partial charge on any atom is -0.505 e. The lowest BCUT2D eigenvalue weighted by molar-refractivity contribution is 0.0690. The molecule has 3 heterocycles. The lowest BCUT2D eigenvalue weighted by Crippen LogP contribution is -2.35. The molecule has 4 N–H and O–H groups in total. The number of carbonyl (C=O) groups is 3. The van der Waals surface area contributed by atoms with Gasteiger partial charge in [-0.1, -0.05) is 58.9 Å². The van der Waals surface area contributed by atoms with Gasteiger partial charge in [0.15, 0.2) is 11.5 Å². The van der Waals surface area contributed by atoms with Crippen molar-refractivity contribution in [2.24, 2.45) is 10.2 Å². The van der Waals surface area contributed by atoms with Gasteiger partial charge in [-0.3, -0.25) is 19.8 Å². The van der Waals surface area contributed by atoms with E-state index in [2.05, 4.69) is 25.6 Å². The SMILES string of the molecule is Cc1ccc(Sc2cc3c(cc2Sc2ccc(C)cc2)C(O)=C(N=Nc2c(-c4ccc[nH]4)ccc4c2C(=O)N(Nc2ccc[nH]2)C4=O)C3=O)cc1. The van der Waals surface area contributed by atoms with Gasteiger partial charge >= 0.3 is 0 Å². The summed E-state index contributed by atoms with van der Waals surface area (Å²) in [5, 5.41) is 21.1. The van der Waals surface area contributed by atoms with Crippen LogP contribution in [0.15, 0.2) is 145 Å². The molecule has 4 aromatic carbocycles. The topological polar surface area (TPSA) is 143 Å². The Labute approximate surface area is 300 Å². The van der Waals surface area contributed by atoms with Gasteiger partial charge in [0, 0.05) is 54.4 Å². The van der Waals surface area contributed by atoms with E-state index < -0.39 is 17.6 Å². The number of rotatable bonds is 9. The van der Waals surface area contributed by atoms with Crippen LogP contribution in [0.1, 0.15) is 47.8 Å². The third-order valence-electron chi connectivity index (χ3n) is 8.52. The first-order valence-corrected chi connectivity index (χ1v) is 17.5. The number of hydrogen-bond acceptors (Lipinski definition) is 9. The van der Waals surface area contributed by atoms with E-state index in [1.807, 2.05) is 68.4 Å². The number of aromatic amines is 2. The van der Waals surface area contributed by atoms with Gasteiger partial charge in [0.25, 0.3) is 11.8 Å². The highest BCUT2D eigenvalue weighted by Gasteiger charge is 2.40. The van der Waals surface area contributed by atoms with E-state index in [0.29, 0.717) is 28.2 Å². The number of aryl methyl sites for hydroxylation is 2. The standard InChI is InChI=1S/C39H28N6O4S2/c1-21-7-11-23(12-8-21)50-30-19-27-28(20-31(30)51-24-13-9-22(2)10-14-24)37(47)35(36(27)46)43-42-34-25(29-5-3-17-40-29)15-16-26-33(34)39(49)45(38(26)48)44-32-6-4-18-41-32/h3-20,40-41,44,46H,1-2H3. The van der Waals surface area contributed by atoms with Crippen molar-refractivity contribution in [3.63, 3.8) is 0 Å². The maximum Gasteiger partial charge on any atom is 0.282 e. The number of nitrogens with one attached hydrogen (secondary N) is 3. The van der Waals surface area contributed by atoms with E-state index in [-0.39, 0.29) is 28.3 Å². The molecule has 0 spiro atoms. The summed E-state index contributed by atoms with van der Waals surface area (Å²) >= 11 is 3.06. The fourth-order valence-corrected chi connectivity index (χ4v) is 7.85. The van der Waals surface area contributed by atoms with Crippen LogP contribution >= 0.6 is 23.5 Å². The Morgan fingerprint density at radius 3 is 1.88 bits per heavy atom.